The highest BCUT2D eigenvalue weighted by molar-refractivity contribution is 6.10. The first-order valence-corrected chi connectivity index (χ1v) is 12.2. The van der Waals surface area contributed by atoms with E-state index in [9.17, 15) is 36.2 Å². The van der Waals surface area contributed by atoms with Gasteiger partial charge in [0.15, 0.2) is 5.82 Å². The highest BCUT2D eigenvalue weighted by atomic mass is 19.4. The number of hydrogen-bond donors (Lipinski definition) is 2. The van der Waals surface area contributed by atoms with E-state index in [1.54, 1.807) is 0 Å². The number of aromatic nitrogens is 3. The van der Waals surface area contributed by atoms with Crippen molar-refractivity contribution in [2.75, 3.05) is 4.90 Å². The van der Waals surface area contributed by atoms with E-state index in [1.165, 1.54) is 25.2 Å². The molecule has 5 rings (SSSR count). The molecule has 1 aliphatic carbocycles. The van der Waals surface area contributed by atoms with E-state index in [1.807, 2.05) is 6.92 Å². The Morgan fingerprint density at radius 2 is 1.82 bits per heavy atom. The standard InChI is InChI=1S/C26H25F6N5O2/c1-23(7-4-8-23)33-12-15-9-18-19(20(10-15)25(27,28)29)13-37(21(18)38)17-6-3-5-16(11-17)24(39,26(30,31)32)22-35-34-14-36(22)2/h3,5-6,9-11,14,33,39H,4,7-8,12-13H2,1-2H3. The molecule has 1 saturated carbocycles. The van der Waals surface area contributed by atoms with Crippen molar-refractivity contribution >= 4 is 11.6 Å². The van der Waals surface area contributed by atoms with E-state index in [-0.39, 0.29) is 34.5 Å². The van der Waals surface area contributed by atoms with Crippen LogP contribution in [0.5, 0.6) is 0 Å². The minimum absolute atomic E-state index is 0.103. The predicted octanol–water partition coefficient (Wildman–Crippen LogP) is 4.82. The number of fused-ring (bicyclic) bond motifs is 1. The maximum atomic E-state index is 14.2. The molecule has 2 aromatic carbocycles. The molecule has 208 valence electrons. The lowest BCUT2D eigenvalue weighted by Crippen LogP contribution is -2.47. The Labute approximate surface area is 219 Å². The summed E-state index contributed by atoms with van der Waals surface area (Å²) in [7, 11) is 1.23. The Balaban J connectivity index is 1.53. The topological polar surface area (TPSA) is 83.3 Å². The second kappa shape index (κ2) is 9.05. The molecule has 13 heteroatoms. The molecular formula is C26H25F6N5O2. The average Bonchev–Trinajstić information content (AvgIpc) is 3.42. The molecule has 2 aliphatic rings. The molecule has 1 aliphatic heterocycles. The fourth-order valence-electron chi connectivity index (χ4n) is 5.16. The Bertz CT molecular complexity index is 1430. The Kier molecular flexibility index (Phi) is 6.30. The quantitative estimate of drug-likeness (QED) is 0.428. The second-order valence-electron chi connectivity index (χ2n) is 10.4. The molecule has 1 aromatic heterocycles. The molecule has 1 atom stereocenters. The van der Waals surface area contributed by atoms with Crippen LogP contribution in [0, 0.1) is 0 Å². The van der Waals surface area contributed by atoms with E-state index in [0.717, 1.165) is 53.3 Å². The van der Waals surface area contributed by atoms with Gasteiger partial charge in [-0.05, 0) is 61.6 Å². The van der Waals surface area contributed by atoms with Crippen molar-refractivity contribution in [3.8, 4) is 0 Å². The number of nitrogens with zero attached hydrogens (tertiary/aromatic N) is 4. The van der Waals surface area contributed by atoms with Crippen LogP contribution in [0.1, 0.15) is 64.6 Å². The minimum atomic E-state index is -5.23. The number of alkyl halides is 6. The van der Waals surface area contributed by atoms with Crippen LogP contribution >= 0.6 is 0 Å². The van der Waals surface area contributed by atoms with Gasteiger partial charge in [-0.3, -0.25) is 4.79 Å². The maximum Gasteiger partial charge on any atom is 0.428 e. The molecule has 1 fully saturated rings. The predicted molar refractivity (Wildman–Crippen MR) is 128 cm³/mol. The number of halogens is 6. The van der Waals surface area contributed by atoms with Gasteiger partial charge in [-0.15, -0.1) is 10.2 Å². The summed E-state index contributed by atoms with van der Waals surface area (Å²) in [5.74, 6) is -1.58. The SMILES string of the molecule is Cn1cnnc1C(O)(c1cccc(N2Cc3c(cc(CNC4(C)CCC4)cc3C(F)(F)F)C2=O)c1)C(F)(F)F. The van der Waals surface area contributed by atoms with E-state index < -0.39 is 47.4 Å². The molecule has 0 spiro atoms. The summed E-state index contributed by atoms with van der Waals surface area (Å²) < 4.78 is 85.7. The highest BCUT2D eigenvalue weighted by Gasteiger charge is 2.59. The zero-order valence-corrected chi connectivity index (χ0v) is 21.0. The lowest BCUT2D eigenvalue weighted by atomic mass is 9.78. The lowest BCUT2D eigenvalue weighted by molar-refractivity contribution is -0.252. The fourth-order valence-corrected chi connectivity index (χ4v) is 5.16. The molecule has 0 bridgehead atoms. The molecule has 3 aromatic rings. The van der Waals surface area contributed by atoms with Gasteiger partial charge < -0.3 is 19.9 Å². The average molecular weight is 554 g/mol. The number of hydrogen-bond acceptors (Lipinski definition) is 5. The summed E-state index contributed by atoms with van der Waals surface area (Å²) in [5, 5.41) is 21.0. The second-order valence-corrected chi connectivity index (χ2v) is 10.4. The molecule has 1 amide bonds. The Morgan fingerprint density at radius 3 is 2.38 bits per heavy atom. The zero-order valence-electron chi connectivity index (χ0n) is 21.0. The Hall–Kier alpha value is -3.45. The summed E-state index contributed by atoms with van der Waals surface area (Å²) >= 11 is 0. The van der Waals surface area contributed by atoms with Gasteiger partial charge in [0, 0.05) is 35.9 Å². The number of carbonyl (C=O) groups excluding carboxylic acids is 1. The van der Waals surface area contributed by atoms with E-state index >= 15 is 0 Å². The highest BCUT2D eigenvalue weighted by Crippen LogP contribution is 2.45. The number of aliphatic hydroxyl groups is 1. The van der Waals surface area contributed by atoms with Gasteiger partial charge >= 0.3 is 12.4 Å². The maximum absolute atomic E-state index is 14.2. The first kappa shape index (κ1) is 27.1. The van der Waals surface area contributed by atoms with Gasteiger partial charge in [0.1, 0.15) is 6.33 Å². The third-order valence-electron chi connectivity index (χ3n) is 7.60. The van der Waals surface area contributed by atoms with Gasteiger partial charge in [-0.2, -0.15) is 26.3 Å². The number of rotatable bonds is 6. The van der Waals surface area contributed by atoms with Crippen LogP contribution in [-0.2, 0) is 31.9 Å². The molecule has 0 radical (unpaired) electrons. The van der Waals surface area contributed by atoms with E-state index in [4.69, 9.17) is 0 Å². The number of aryl methyl sites for hydroxylation is 1. The number of nitrogens with one attached hydrogen (secondary N) is 1. The first-order valence-electron chi connectivity index (χ1n) is 12.2. The number of benzene rings is 2. The summed E-state index contributed by atoms with van der Waals surface area (Å²) in [6.45, 7) is 1.62. The van der Waals surface area contributed by atoms with Crippen molar-refractivity contribution < 1.29 is 36.2 Å². The van der Waals surface area contributed by atoms with Gasteiger partial charge in [0.2, 0.25) is 5.60 Å². The summed E-state index contributed by atoms with van der Waals surface area (Å²) in [4.78, 5) is 14.3. The molecule has 2 heterocycles. The van der Waals surface area contributed by atoms with Crippen molar-refractivity contribution in [2.24, 2.45) is 7.05 Å². The van der Waals surface area contributed by atoms with Crippen LogP contribution in [0.25, 0.3) is 0 Å². The normalized spacial score (nSPS) is 18.6. The van der Waals surface area contributed by atoms with Gasteiger partial charge in [-0.1, -0.05) is 12.1 Å². The van der Waals surface area contributed by atoms with Crippen LogP contribution in [-0.4, -0.2) is 37.5 Å². The van der Waals surface area contributed by atoms with Crippen LogP contribution in [0.15, 0.2) is 42.7 Å². The van der Waals surface area contributed by atoms with Crippen LogP contribution in [0.3, 0.4) is 0 Å². The first-order chi connectivity index (χ1) is 18.1. The third-order valence-corrected chi connectivity index (χ3v) is 7.60. The Morgan fingerprint density at radius 1 is 1.10 bits per heavy atom. The minimum Gasteiger partial charge on any atom is -0.370 e. The van der Waals surface area contributed by atoms with E-state index in [0.29, 0.717) is 0 Å². The van der Waals surface area contributed by atoms with Crippen molar-refractivity contribution in [2.45, 2.75) is 62.8 Å². The third kappa shape index (κ3) is 4.56. The number of anilines is 1. The van der Waals surface area contributed by atoms with E-state index in [2.05, 4.69) is 15.5 Å². The van der Waals surface area contributed by atoms with Gasteiger partial charge in [-0.25, -0.2) is 0 Å². The van der Waals surface area contributed by atoms with Crippen molar-refractivity contribution in [1.29, 1.82) is 0 Å². The van der Waals surface area contributed by atoms with Gasteiger partial charge in [0.05, 0.1) is 12.1 Å². The molecule has 2 N–H and O–H groups in total. The summed E-state index contributed by atoms with van der Waals surface area (Å²) in [6, 6.07) is 6.83. The molecule has 0 saturated heterocycles. The smallest absolute Gasteiger partial charge is 0.370 e. The fraction of sp³-hybridized carbons (Fsp3) is 0.423. The van der Waals surface area contributed by atoms with Crippen molar-refractivity contribution in [3.63, 3.8) is 0 Å². The molecule has 39 heavy (non-hydrogen) atoms. The van der Waals surface area contributed by atoms with Crippen molar-refractivity contribution in [1.82, 2.24) is 20.1 Å². The van der Waals surface area contributed by atoms with Crippen molar-refractivity contribution in [3.05, 3.63) is 76.4 Å². The molecule has 1 unspecified atom stereocenters. The van der Waals surface area contributed by atoms with Gasteiger partial charge in [0.25, 0.3) is 5.91 Å². The zero-order chi connectivity index (χ0) is 28.4. The lowest BCUT2D eigenvalue weighted by Gasteiger charge is -2.39. The van der Waals surface area contributed by atoms with Crippen LogP contribution in [0.2, 0.25) is 0 Å². The molecule has 7 nitrogen and oxygen atoms in total. The molecular weight excluding hydrogens is 528 g/mol. The summed E-state index contributed by atoms with van der Waals surface area (Å²) in [5.41, 5.74) is -5.62. The summed E-state index contributed by atoms with van der Waals surface area (Å²) in [6.07, 6.45) is -6.17. The number of carbonyl (C=O) groups is 1. The van der Waals surface area contributed by atoms with Crippen LogP contribution < -0.4 is 10.2 Å². The number of amides is 1. The monoisotopic (exact) mass is 553 g/mol. The largest absolute Gasteiger partial charge is 0.428 e. The van der Waals surface area contributed by atoms with Crippen LogP contribution in [0.4, 0.5) is 32.0 Å².